The Morgan fingerprint density at radius 1 is 1.33 bits per heavy atom. The van der Waals surface area contributed by atoms with Crippen LogP contribution in [0.25, 0.3) is 0 Å². The van der Waals surface area contributed by atoms with E-state index in [4.69, 9.17) is 5.11 Å². The average Bonchev–Trinajstić information content (AvgIpc) is 2.24. The third-order valence-corrected chi connectivity index (χ3v) is 2.66. The van der Waals surface area contributed by atoms with E-state index in [0.717, 1.165) is 18.9 Å². The molecule has 0 aliphatic heterocycles. The third kappa shape index (κ3) is 3.18. The monoisotopic (exact) mass is 257 g/mol. The zero-order chi connectivity index (χ0) is 13.9. The lowest BCUT2D eigenvalue weighted by molar-refractivity contribution is 0.0690. The Bertz CT molecular complexity index is 459. The summed E-state index contributed by atoms with van der Waals surface area (Å²) in [6.45, 7) is 5.74. The predicted molar refractivity (Wildman–Crippen MR) is 65.9 cm³/mol. The highest BCUT2D eigenvalue weighted by molar-refractivity contribution is 5.88. The lowest BCUT2D eigenvalue weighted by atomic mass is 9.98. The van der Waals surface area contributed by atoms with Crippen molar-refractivity contribution >= 4 is 11.7 Å². The second kappa shape index (κ2) is 5.33. The number of hydrogen-bond acceptors (Lipinski definition) is 2. The number of rotatable bonds is 5. The SMILES string of the molecule is CCCC(C)(C)Nc1ccc(C(=O)O)c(F)c1F. The lowest BCUT2D eigenvalue weighted by Gasteiger charge is -2.27. The lowest BCUT2D eigenvalue weighted by Crippen LogP contribution is -2.31. The Morgan fingerprint density at radius 3 is 2.44 bits per heavy atom. The standard InChI is InChI=1S/C13H17F2NO2/c1-4-7-13(2,3)16-9-6-5-8(12(17)18)10(14)11(9)15/h5-6,16H,4,7H2,1-3H3,(H,17,18). The van der Waals surface area contributed by atoms with Crippen molar-refractivity contribution in [2.24, 2.45) is 0 Å². The maximum atomic E-state index is 13.7. The first-order valence-electron chi connectivity index (χ1n) is 5.78. The highest BCUT2D eigenvalue weighted by Crippen LogP contribution is 2.25. The van der Waals surface area contributed by atoms with Gasteiger partial charge < -0.3 is 10.4 Å². The molecule has 0 heterocycles. The Morgan fingerprint density at radius 2 is 1.94 bits per heavy atom. The number of benzene rings is 1. The second-order valence-corrected chi connectivity index (χ2v) is 4.85. The highest BCUT2D eigenvalue weighted by atomic mass is 19.2. The van der Waals surface area contributed by atoms with Crippen LogP contribution in [0.3, 0.4) is 0 Å². The Labute approximate surface area is 105 Å². The molecule has 0 radical (unpaired) electrons. The average molecular weight is 257 g/mol. The van der Waals surface area contributed by atoms with Crippen molar-refractivity contribution in [1.29, 1.82) is 0 Å². The molecular formula is C13H17F2NO2. The molecule has 0 spiro atoms. The smallest absolute Gasteiger partial charge is 0.338 e. The molecule has 5 heteroatoms. The number of halogens is 2. The van der Waals surface area contributed by atoms with Gasteiger partial charge in [-0.05, 0) is 32.4 Å². The maximum Gasteiger partial charge on any atom is 0.338 e. The number of carboxylic acids is 1. The molecule has 0 bridgehead atoms. The fourth-order valence-electron chi connectivity index (χ4n) is 1.86. The molecule has 0 aliphatic carbocycles. The first-order valence-corrected chi connectivity index (χ1v) is 5.78. The molecule has 2 N–H and O–H groups in total. The summed E-state index contributed by atoms with van der Waals surface area (Å²) in [5, 5.41) is 11.6. The minimum atomic E-state index is -1.48. The molecule has 100 valence electrons. The van der Waals surface area contributed by atoms with Gasteiger partial charge in [-0.2, -0.15) is 0 Å². The van der Waals surface area contributed by atoms with E-state index in [2.05, 4.69) is 5.32 Å². The van der Waals surface area contributed by atoms with Crippen LogP contribution in [0.5, 0.6) is 0 Å². The Hall–Kier alpha value is -1.65. The number of anilines is 1. The first kappa shape index (κ1) is 14.4. The number of hydrogen-bond donors (Lipinski definition) is 2. The van der Waals surface area contributed by atoms with Crippen LogP contribution in [0.2, 0.25) is 0 Å². The van der Waals surface area contributed by atoms with Gasteiger partial charge in [0, 0.05) is 5.54 Å². The first-order chi connectivity index (χ1) is 8.28. The van der Waals surface area contributed by atoms with Crippen LogP contribution in [-0.4, -0.2) is 16.6 Å². The predicted octanol–water partition coefficient (Wildman–Crippen LogP) is 3.65. The summed E-state index contributed by atoms with van der Waals surface area (Å²) in [5.74, 6) is -3.97. The van der Waals surface area contributed by atoms with Gasteiger partial charge in [0.25, 0.3) is 0 Å². The fraction of sp³-hybridized carbons (Fsp3) is 0.462. The van der Waals surface area contributed by atoms with E-state index in [0.29, 0.717) is 0 Å². The zero-order valence-corrected chi connectivity index (χ0v) is 10.7. The summed E-state index contributed by atoms with van der Waals surface area (Å²) in [5.41, 5.74) is -1.06. The van der Waals surface area contributed by atoms with E-state index in [1.807, 2.05) is 20.8 Å². The second-order valence-electron chi connectivity index (χ2n) is 4.85. The molecule has 1 rings (SSSR count). The molecule has 1 aromatic rings. The number of carboxylic acid groups (broad SMARTS) is 1. The van der Waals surface area contributed by atoms with Crippen molar-refractivity contribution in [2.75, 3.05) is 5.32 Å². The van der Waals surface area contributed by atoms with Gasteiger partial charge in [-0.25, -0.2) is 13.6 Å². The minimum Gasteiger partial charge on any atom is -0.478 e. The van der Waals surface area contributed by atoms with Gasteiger partial charge in [0.05, 0.1) is 11.3 Å². The van der Waals surface area contributed by atoms with Crippen molar-refractivity contribution in [3.8, 4) is 0 Å². The molecule has 0 atom stereocenters. The van der Waals surface area contributed by atoms with Crippen LogP contribution >= 0.6 is 0 Å². The van der Waals surface area contributed by atoms with E-state index in [9.17, 15) is 13.6 Å². The summed E-state index contributed by atoms with van der Waals surface area (Å²) >= 11 is 0. The maximum absolute atomic E-state index is 13.7. The summed E-state index contributed by atoms with van der Waals surface area (Å²) < 4.78 is 27.2. The van der Waals surface area contributed by atoms with Crippen molar-refractivity contribution < 1.29 is 18.7 Å². The van der Waals surface area contributed by atoms with Crippen LogP contribution in [0.15, 0.2) is 12.1 Å². The minimum absolute atomic E-state index is 0.0176. The van der Waals surface area contributed by atoms with Crippen LogP contribution in [-0.2, 0) is 0 Å². The van der Waals surface area contributed by atoms with Gasteiger partial charge in [0.15, 0.2) is 11.6 Å². The number of aromatic carboxylic acids is 1. The van der Waals surface area contributed by atoms with Crippen LogP contribution in [0, 0.1) is 11.6 Å². The van der Waals surface area contributed by atoms with Crippen molar-refractivity contribution in [3.05, 3.63) is 29.3 Å². The molecule has 1 aromatic carbocycles. The number of nitrogens with one attached hydrogen (secondary N) is 1. The van der Waals surface area contributed by atoms with Gasteiger partial charge in [0.1, 0.15) is 0 Å². The summed E-state index contributed by atoms with van der Waals surface area (Å²) in [4.78, 5) is 10.6. The van der Waals surface area contributed by atoms with Crippen molar-refractivity contribution in [2.45, 2.75) is 39.2 Å². The van der Waals surface area contributed by atoms with E-state index >= 15 is 0 Å². The molecule has 0 unspecified atom stereocenters. The quantitative estimate of drug-likeness (QED) is 0.846. The van der Waals surface area contributed by atoms with Crippen molar-refractivity contribution in [3.63, 3.8) is 0 Å². The molecular weight excluding hydrogens is 240 g/mol. The molecule has 0 saturated heterocycles. The Balaban J connectivity index is 3.06. The Kier molecular flexibility index (Phi) is 4.27. The molecule has 0 saturated carbocycles. The van der Waals surface area contributed by atoms with Gasteiger partial charge in [0.2, 0.25) is 0 Å². The van der Waals surface area contributed by atoms with Crippen LogP contribution in [0.4, 0.5) is 14.5 Å². The largest absolute Gasteiger partial charge is 0.478 e. The third-order valence-electron chi connectivity index (χ3n) is 2.66. The van der Waals surface area contributed by atoms with Crippen LogP contribution in [0.1, 0.15) is 44.0 Å². The van der Waals surface area contributed by atoms with E-state index < -0.39 is 23.2 Å². The van der Waals surface area contributed by atoms with Gasteiger partial charge in [-0.3, -0.25) is 0 Å². The van der Waals surface area contributed by atoms with E-state index in [1.165, 1.54) is 6.07 Å². The topological polar surface area (TPSA) is 49.3 Å². The molecule has 0 aliphatic rings. The van der Waals surface area contributed by atoms with Crippen LogP contribution < -0.4 is 5.32 Å². The van der Waals surface area contributed by atoms with E-state index in [1.54, 1.807) is 0 Å². The highest BCUT2D eigenvalue weighted by Gasteiger charge is 2.22. The zero-order valence-electron chi connectivity index (χ0n) is 10.7. The molecule has 0 fully saturated rings. The van der Waals surface area contributed by atoms with Gasteiger partial charge >= 0.3 is 5.97 Å². The van der Waals surface area contributed by atoms with Gasteiger partial charge in [-0.15, -0.1) is 0 Å². The summed E-state index contributed by atoms with van der Waals surface area (Å²) in [7, 11) is 0. The molecule has 18 heavy (non-hydrogen) atoms. The van der Waals surface area contributed by atoms with Crippen molar-refractivity contribution in [1.82, 2.24) is 0 Å². The van der Waals surface area contributed by atoms with Gasteiger partial charge in [-0.1, -0.05) is 13.3 Å². The number of carbonyl (C=O) groups is 1. The molecule has 0 aromatic heterocycles. The van der Waals surface area contributed by atoms with E-state index in [-0.39, 0.29) is 11.2 Å². The molecule has 3 nitrogen and oxygen atoms in total. The summed E-state index contributed by atoms with van der Waals surface area (Å²) in [6, 6.07) is 2.31. The molecule has 0 amide bonds. The summed E-state index contributed by atoms with van der Waals surface area (Å²) in [6.07, 6.45) is 1.69. The fourth-order valence-corrected chi connectivity index (χ4v) is 1.86. The normalized spacial score (nSPS) is 11.4.